The van der Waals surface area contributed by atoms with Crippen LogP contribution in [0.4, 0.5) is 10.1 Å². The van der Waals surface area contributed by atoms with Crippen LogP contribution >= 0.6 is 11.6 Å². The van der Waals surface area contributed by atoms with Crippen LogP contribution in [0.5, 0.6) is 5.75 Å². The number of amides is 1. The van der Waals surface area contributed by atoms with Gasteiger partial charge in [0.1, 0.15) is 17.1 Å². The zero-order valence-electron chi connectivity index (χ0n) is 15.4. The number of oxazole rings is 1. The van der Waals surface area contributed by atoms with Crippen LogP contribution in [-0.4, -0.2) is 17.5 Å². The molecule has 0 unspecified atom stereocenters. The van der Waals surface area contributed by atoms with Gasteiger partial charge in [-0.3, -0.25) is 4.79 Å². The lowest BCUT2D eigenvalue weighted by Crippen LogP contribution is -2.20. The minimum atomic E-state index is -0.367. The molecule has 0 spiro atoms. The number of fused-ring (bicyclic) bond motifs is 1. The molecule has 0 aliphatic carbocycles. The van der Waals surface area contributed by atoms with E-state index in [2.05, 4.69) is 10.3 Å². The second kappa shape index (κ2) is 7.93. The van der Waals surface area contributed by atoms with E-state index in [-0.39, 0.29) is 18.3 Å². The smallest absolute Gasteiger partial charge is 0.262 e. The average molecular weight is 411 g/mol. The number of aromatic nitrogens is 1. The molecule has 29 heavy (non-hydrogen) atoms. The van der Waals surface area contributed by atoms with Gasteiger partial charge in [0, 0.05) is 16.3 Å². The van der Waals surface area contributed by atoms with Gasteiger partial charge < -0.3 is 14.5 Å². The Morgan fingerprint density at radius 1 is 1.17 bits per heavy atom. The molecular formula is C22H16ClFN2O3. The standard InChI is InChI=1S/C22H16ClFN2O3/c1-13-9-17(6-7-18(13)23)28-12-21(27)25-16-5-8-20-19(11-16)26-22(29-20)14-3-2-4-15(24)10-14/h2-11H,12H2,1H3,(H,25,27). The molecule has 1 aromatic heterocycles. The fraction of sp³-hybridized carbons (Fsp3) is 0.0909. The van der Waals surface area contributed by atoms with E-state index in [1.807, 2.05) is 6.92 Å². The molecule has 0 aliphatic heterocycles. The maximum Gasteiger partial charge on any atom is 0.262 e. The molecule has 4 rings (SSSR count). The Morgan fingerprint density at radius 3 is 2.83 bits per heavy atom. The Balaban J connectivity index is 1.45. The number of halogens is 2. The molecule has 0 saturated heterocycles. The summed E-state index contributed by atoms with van der Waals surface area (Å²) >= 11 is 5.98. The monoisotopic (exact) mass is 410 g/mol. The van der Waals surface area contributed by atoms with Gasteiger partial charge >= 0.3 is 0 Å². The van der Waals surface area contributed by atoms with Gasteiger partial charge in [-0.05, 0) is 67.1 Å². The molecule has 0 aliphatic rings. The number of rotatable bonds is 5. The lowest BCUT2D eigenvalue weighted by atomic mass is 10.2. The number of hydrogen-bond acceptors (Lipinski definition) is 4. The van der Waals surface area contributed by atoms with Crippen LogP contribution in [0.1, 0.15) is 5.56 Å². The van der Waals surface area contributed by atoms with Crippen LogP contribution in [-0.2, 0) is 4.79 Å². The molecule has 1 heterocycles. The molecule has 3 aromatic carbocycles. The van der Waals surface area contributed by atoms with Crippen LogP contribution in [0.2, 0.25) is 5.02 Å². The van der Waals surface area contributed by atoms with E-state index >= 15 is 0 Å². The molecule has 1 N–H and O–H groups in total. The zero-order valence-corrected chi connectivity index (χ0v) is 16.2. The summed E-state index contributed by atoms with van der Waals surface area (Å²) in [5.41, 5.74) is 3.05. The molecular weight excluding hydrogens is 395 g/mol. The highest BCUT2D eigenvalue weighted by atomic mass is 35.5. The molecule has 0 atom stereocenters. The summed E-state index contributed by atoms with van der Waals surface area (Å²) in [5.74, 6) is 0.192. The third kappa shape index (κ3) is 4.38. The number of carbonyl (C=O) groups excluding carboxylic acids is 1. The first-order chi connectivity index (χ1) is 14.0. The Hall–Kier alpha value is -3.38. The molecule has 0 bridgehead atoms. The molecule has 5 nitrogen and oxygen atoms in total. The van der Waals surface area contributed by atoms with E-state index in [0.717, 1.165) is 5.56 Å². The minimum Gasteiger partial charge on any atom is -0.484 e. The Kier molecular flexibility index (Phi) is 5.18. The predicted octanol–water partition coefficient (Wildman–Crippen LogP) is 5.61. The normalized spacial score (nSPS) is 10.9. The molecule has 7 heteroatoms. The van der Waals surface area contributed by atoms with Crippen molar-refractivity contribution in [2.75, 3.05) is 11.9 Å². The molecule has 0 radical (unpaired) electrons. The van der Waals surface area contributed by atoms with E-state index in [4.69, 9.17) is 20.8 Å². The topological polar surface area (TPSA) is 64.4 Å². The minimum absolute atomic E-state index is 0.146. The number of aryl methyl sites for hydroxylation is 1. The summed E-state index contributed by atoms with van der Waals surface area (Å²) in [5, 5.41) is 3.40. The number of anilines is 1. The molecule has 1 amide bonds. The van der Waals surface area contributed by atoms with Crippen molar-refractivity contribution in [3.8, 4) is 17.2 Å². The van der Waals surface area contributed by atoms with Crippen molar-refractivity contribution in [1.29, 1.82) is 0 Å². The highest BCUT2D eigenvalue weighted by Crippen LogP contribution is 2.26. The number of nitrogens with zero attached hydrogens (tertiary/aromatic N) is 1. The van der Waals surface area contributed by atoms with Crippen LogP contribution in [0, 0.1) is 12.7 Å². The van der Waals surface area contributed by atoms with Gasteiger partial charge in [-0.1, -0.05) is 17.7 Å². The van der Waals surface area contributed by atoms with Gasteiger partial charge in [-0.15, -0.1) is 0 Å². The highest BCUT2D eigenvalue weighted by Gasteiger charge is 2.11. The van der Waals surface area contributed by atoms with E-state index in [1.165, 1.54) is 12.1 Å². The predicted molar refractivity (Wildman–Crippen MR) is 110 cm³/mol. The molecule has 4 aromatic rings. The number of benzene rings is 3. The summed E-state index contributed by atoms with van der Waals surface area (Å²) in [7, 11) is 0. The number of hydrogen-bond donors (Lipinski definition) is 1. The Labute approximate surface area is 171 Å². The largest absolute Gasteiger partial charge is 0.484 e. The number of nitrogens with one attached hydrogen (secondary N) is 1. The van der Waals surface area contributed by atoms with E-state index in [9.17, 15) is 9.18 Å². The maximum absolute atomic E-state index is 13.4. The van der Waals surface area contributed by atoms with Crippen molar-refractivity contribution in [2.24, 2.45) is 0 Å². The third-order valence-corrected chi connectivity index (χ3v) is 4.67. The Bertz CT molecular complexity index is 1210. The second-order valence-electron chi connectivity index (χ2n) is 6.46. The van der Waals surface area contributed by atoms with Gasteiger partial charge in [-0.25, -0.2) is 9.37 Å². The van der Waals surface area contributed by atoms with Crippen LogP contribution in [0.15, 0.2) is 65.1 Å². The van der Waals surface area contributed by atoms with Gasteiger partial charge in [0.2, 0.25) is 5.89 Å². The summed E-state index contributed by atoms with van der Waals surface area (Å²) in [4.78, 5) is 16.6. The van der Waals surface area contributed by atoms with Gasteiger partial charge in [0.05, 0.1) is 0 Å². The summed E-state index contributed by atoms with van der Waals surface area (Å²) in [6.07, 6.45) is 0. The lowest BCUT2D eigenvalue weighted by molar-refractivity contribution is -0.118. The van der Waals surface area contributed by atoms with Crippen molar-refractivity contribution >= 4 is 34.3 Å². The molecule has 0 fully saturated rings. The average Bonchev–Trinajstić information content (AvgIpc) is 3.12. The quantitative estimate of drug-likeness (QED) is 0.464. The first kappa shape index (κ1) is 19.0. The van der Waals surface area contributed by atoms with Gasteiger partial charge in [0.15, 0.2) is 12.2 Å². The lowest BCUT2D eigenvalue weighted by Gasteiger charge is -2.08. The van der Waals surface area contributed by atoms with Crippen LogP contribution in [0.3, 0.4) is 0 Å². The second-order valence-corrected chi connectivity index (χ2v) is 6.87. The SMILES string of the molecule is Cc1cc(OCC(=O)Nc2ccc3oc(-c4cccc(F)c4)nc3c2)ccc1Cl. The van der Waals surface area contributed by atoms with Crippen molar-refractivity contribution in [3.63, 3.8) is 0 Å². The Morgan fingerprint density at radius 2 is 2.03 bits per heavy atom. The zero-order chi connectivity index (χ0) is 20.4. The van der Waals surface area contributed by atoms with Crippen LogP contribution in [0.25, 0.3) is 22.6 Å². The number of carbonyl (C=O) groups is 1. The maximum atomic E-state index is 13.4. The fourth-order valence-electron chi connectivity index (χ4n) is 2.80. The van der Waals surface area contributed by atoms with E-state index in [1.54, 1.807) is 48.5 Å². The van der Waals surface area contributed by atoms with Crippen molar-refractivity contribution in [2.45, 2.75) is 6.92 Å². The fourth-order valence-corrected chi connectivity index (χ4v) is 2.92. The highest BCUT2D eigenvalue weighted by molar-refractivity contribution is 6.31. The first-order valence-electron chi connectivity index (χ1n) is 8.83. The van der Waals surface area contributed by atoms with E-state index in [0.29, 0.717) is 39.0 Å². The van der Waals surface area contributed by atoms with Gasteiger partial charge in [0.25, 0.3) is 5.91 Å². The van der Waals surface area contributed by atoms with Crippen molar-refractivity contribution in [3.05, 3.63) is 77.1 Å². The van der Waals surface area contributed by atoms with E-state index < -0.39 is 0 Å². The third-order valence-electron chi connectivity index (χ3n) is 4.24. The molecule has 146 valence electrons. The van der Waals surface area contributed by atoms with Crippen molar-refractivity contribution < 1.29 is 18.3 Å². The first-order valence-corrected chi connectivity index (χ1v) is 9.21. The molecule has 0 saturated carbocycles. The number of ether oxygens (including phenoxy) is 1. The summed E-state index contributed by atoms with van der Waals surface area (Å²) in [6, 6.07) is 16.3. The van der Waals surface area contributed by atoms with Gasteiger partial charge in [-0.2, -0.15) is 0 Å². The summed E-state index contributed by atoms with van der Waals surface area (Å²) in [6.45, 7) is 1.72. The van der Waals surface area contributed by atoms with Crippen molar-refractivity contribution in [1.82, 2.24) is 4.98 Å². The van der Waals surface area contributed by atoms with Crippen LogP contribution < -0.4 is 10.1 Å². The summed E-state index contributed by atoms with van der Waals surface area (Å²) < 4.78 is 24.6.